The van der Waals surface area contributed by atoms with E-state index in [0.717, 1.165) is 14.6 Å². The molecule has 1 unspecified atom stereocenters. The third kappa shape index (κ3) is 2.64. The number of thioether (sulfide) groups is 1. The van der Waals surface area contributed by atoms with Crippen LogP contribution in [0.2, 0.25) is 0 Å². The van der Waals surface area contributed by atoms with Crippen LogP contribution in [0.3, 0.4) is 0 Å². The molecule has 0 aliphatic rings. The molecule has 0 radical (unpaired) electrons. The molecule has 1 aromatic carbocycles. The number of thiazole rings is 1. The van der Waals surface area contributed by atoms with Crippen LogP contribution in [0.5, 0.6) is 0 Å². The van der Waals surface area contributed by atoms with Gasteiger partial charge in [0.15, 0.2) is 15.5 Å². The first kappa shape index (κ1) is 14.0. The maximum absolute atomic E-state index is 11.1. The van der Waals surface area contributed by atoms with Gasteiger partial charge >= 0.3 is 5.82 Å². The fraction of sp³-hybridized carbons (Fsp3) is 0.231. The average molecular weight is 320 g/mol. The van der Waals surface area contributed by atoms with Gasteiger partial charge in [-0.3, -0.25) is 0 Å². The average Bonchev–Trinajstić information content (AvgIpc) is 3.01. The first-order valence-electron chi connectivity index (χ1n) is 6.26. The van der Waals surface area contributed by atoms with Crippen LogP contribution >= 0.6 is 23.1 Å². The molecular formula is C13H12N4O2S2. The Labute approximate surface area is 129 Å². The Bertz CT molecular complexity index is 778. The van der Waals surface area contributed by atoms with E-state index in [-0.39, 0.29) is 11.2 Å². The molecule has 21 heavy (non-hydrogen) atoms. The Morgan fingerprint density at radius 1 is 1.43 bits per heavy atom. The molecule has 0 fully saturated rings. The number of hydrogen-bond acceptors (Lipinski definition) is 6. The van der Waals surface area contributed by atoms with Crippen molar-refractivity contribution in [1.29, 1.82) is 0 Å². The molecule has 108 valence electrons. The van der Waals surface area contributed by atoms with Gasteiger partial charge in [-0.15, -0.1) is 11.3 Å². The molecule has 0 saturated heterocycles. The van der Waals surface area contributed by atoms with Gasteiger partial charge in [0.2, 0.25) is 0 Å². The summed E-state index contributed by atoms with van der Waals surface area (Å²) in [4.78, 5) is 19.2. The number of nitrogens with zero attached hydrogens (tertiary/aromatic N) is 4. The molecule has 3 rings (SSSR count). The molecule has 1 atom stereocenters. The number of aryl methyl sites for hydroxylation is 1. The van der Waals surface area contributed by atoms with E-state index in [4.69, 9.17) is 0 Å². The SMILES string of the molecule is Cc1ncc([N+](=O)[O-])n1C(C)Sc1nc2ccccc2s1. The van der Waals surface area contributed by atoms with E-state index >= 15 is 0 Å². The Morgan fingerprint density at radius 3 is 2.90 bits per heavy atom. The predicted molar refractivity (Wildman–Crippen MR) is 83.8 cm³/mol. The van der Waals surface area contributed by atoms with Crippen LogP contribution in [0.1, 0.15) is 18.1 Å². The van der Waals surface area contributed by atoms with Gasteiger partial charge in [0, 0.05) is 6.92 Å². The quantitative estimate of drug-likeness (QED) is 0.412. The molecule has 8 heteroatoms. The third-order valence-electron chi connectivity index (χ3n) is 3.06. The monoisotopic (exact) mass is 320 g/mol. The van der Waals surface area contributed by atoms with Gasteiger partial charge in [-0.2, -0.15) is 4.57 Å². The first-order chi connectivity index (χ1) is 10.1. The van der Waals surface area contributed by atoms with Gasteiger partial charge in [-0.25, -0.2) is 9.97 Å². The number of hydrogen-bond donors (Lipinski definition) is 0. The Kier molecular flexibility index (Phi) is 3.64. The summed E-state index contributed by atoms with van der Waals surface area (Å²) in [6.07, 6.45) is 1.30. The number of para-hydroxylation sites is 1. The van der Waals surface area contributed by atoms with E-state index < -0.39 is 4.92 Å². The lowest BCUT2D eigenvalue weighted by molar-refractivity contribution is -0.392. The minimum Gasteiger partial charge on any atom is -0.358 e. The van der Waals surface area contributed by atoms with Gasteiger partial charge in [-0.05, 0) is 35.7 Å². The molecule has 6 nitrogen and oxygen atoms in total. The van der Waals surface area contributed by atoms with Crippen molar-refractivity contribution in [2.45, 2.75) is 23.6 Å². The zero-order valence-electron chi connectivity index (χ0n) is 11.4. The molecular weight excluding hydrogens is 308 g/mol. The van der Waals surface area contributed by atoms with Crippen molar-refractivity contribution in [1.82, 2.24) is 14.5 Å². The molecule has 2 heterocycles. The van der Waals surface area contributed by atoms with Crippen molar-refractivity contribution < 1.29 is 4.92 Å². The van der Waals surface area contributed by atoms with E-state index in [1.165, 1.54) is 18.0 Å². The third-order valence-corrected chi connectivity index (χ3v) is 5.27. The molecule has 3 aromatic rings. The number of aromatic nitrogens is 3. The maximum Gasteiger partial charge on any atom is 0.343 e. The maximum atomic E-state index is 11.1. The zero-order chi connectivity index (χ0) is 15.0. The number of nitro groups is 1. The minimum absolute atomic E-state index is 0.00797. The minimum atomic E-state index is -0.407. The smallest absolute Gasteiger partial charge is 0.343 e. The topological polar surface area (TPSA) is 73.8 Å². The van der Waals surface area contributed by atoms with Crippen molar-refractivity contribution in [3.63, 3.8) is 0 Å². The Balaban J connectivity index is 1.91. The van der Waals surface area contributed by atoms with Crippen LogP contribution in [-0.4, -0.2) is 19.5 Å². The lowest BCUT2D eigenvalue weighted by Gasteiger charge is -2.09. The number of fused-ring (bicyclic) bond motifs is 1. The van der Waals surface area contributed by atoms with E-state index in [9.17, 15) is 10.1 Å². The number of rotatable bonds is 4. The molecule has 0 N–H and O–H groups in total. The van der Waals surface area contributed by atoms with Gasteiger partial charge in [0.25, 0.3) is 0 Å². The first-order valence-corrected chi connectivity index (χ1v) is 7.96. The summed E-state index contributed by atoms with van der Waals surface area (Å²) in [5.41, 5.74) is 0.953. The van der Waals surface area contributed by atoms with Crippen molar-refractivity contribution in [3.05, 3.63) is 46.4 Å². The van der Waals surface area contributed by atoms with Crippen LogP contribution in [0.15, 0.2) is 34.8 Å². The predicted octanol–water partition coefficient (Wildman–Crippen LogP) is 4.02. The van der Waals surface area contributed by atoms with Crippen molar-refractivity contribution in [3.8, 4) is 0 Å². The fourth-order valence-corrected chi connectivity index (χ4v) is 4.51. The lowest BCUT2D eigenvalue weighted by Crippen LogP contribution is -2.07. The van der Waals surface area contributed by atoms with E-state index in [1.807, 2.05) is 31.2 Å². The fourth-order valence-electron chi connectivity index (χ4n) is 2.13. The molecule has 0 spiro atoms. The second kappa shape index (κ2) is 5.45. The molecule has 0 aliphatic carbocycles. The van der Waals surface area contributed by atoms with Gasteiger partial charge in [0.05, 0.1) is 10.2 Å². The molecule has 0 saturated carbocycles. The highest BCUT2D eigenvalue weighted by Gasteiger charge is 2.24. The Morgan fingerprint density at radius 2 is 2.19 bits per heavy atom. The highest BCUT2D eigenvalue weighted by molar-refractivity contribution is 8.01. The summed E-state index contributed by atoms with van der Waals surface area (Å²) in [6.45, 7) is 3.68. The lowest BCUT2D eigenvalue weighted by atomic mass is 10.3. The summed E-state index contributed by atoms with van der Waals surface area (Å²) < 4.78 is 3.63. The highest BCUT2D eigenvalue weighted by atomic mass is 32.2. The van der Waals surface area contributed by atoms with E-state index in [0.29, 0.717) is 5.82 Å². The zero-order valence-corrected chi connectivity index (χ0v) is 13.0. The van der Waals surface area contributed by atoms with Crippen LogP contribution in [0.4, 0.5) is 5.82 Å². The molecule has 0 aliphatic heterocycles. The highest BCUT2D eigenvalue weighted by Crippen LogP contribution is 2.38. The standard InChI is InChI=1S/C13H12N4O2S2/c1-8-14-7-12(17(18)19)16(8)9(2)20-13-15-10-5-3-4-6-11(10)21-13/h3-7,9H,1-2H3. The van der Waals surface area contributed by atoms with Crippen LogP contribution in [0, 0.1) is 17.0 Å². The number of benzene rings is 1. The van der Waals surface area contributed by atoms with Crippen LogP contribution in [0.25, 0.3) is 10.2 Å². The van der Waals surface area contributed by atoms with Crippen molar-refractivity contribution >= 4 is 39.1 Å². The summed E-state index contributed by atoms with van der Waals surface area (Å²) in [5, 5.41) is 10.9. The van der Waals surface area contributed by atoms with E-state index in [1.54, 1.807) is 22.8 Å². The largest absolute Gasteiger partial charge is 0.358 e. The Hall–Kier alpha value is -1.93. The van der Waals surface area contributed by atoms with Gasteiger partial charge in [0.1, 0.15) is 6.20 Å². The second-order valence-electron chi connectivity index (χ2n) is 4.46. The summed E-state index contributed by atoms with van der Waals surface area (Å²) in [5.74, 6) is 0.636. The summed E-state index contributed by atoms with van der Waals surface area (Å²) >= 11 is 3.09. The second-order valence-corrected chi connectivity index (χ2v) is 7.05. The van der Waals surface area contributed by atoms with Crippen molar-refractivity contribution in [2.24, 2.45) is 0 Å². The molecule has 0 bridgehead atoms. The van der Waals surface area contributed by atoms with Gasteiger partial charge in [-0.1, -0.05) is 12.1 Å². The number of imidazole rings is 1. The van der Waals surface area contributed by atoms with Crippen LogP contribution in [-0.2, 0) is 0 Å². The summed E-state index contributed by atoms with van der Waals surface area (Å²) in [7, 11) is 0. The van der Waals surface area contributed by atoms with Gasteiger partial charge < -0.3 is 10.1 Å². The normalized spacial score (nSPS) is 12.7. The van der Waals surface area contributed by atoms with Crippen molar-refractivity contribution in [2.75, 3.05) is 0 Å². The van der Waals surface area contributed by atoms with Crippen LogP contribution < -0.4 is 0 Å². The molecule has 0 amide bonds. The van der Waals surface area contributed by atoms with E-state index in [2.05, 4.69) is 9.97 Å². The summed E-state index contributed by atoms with van der Waals surface area (Å²) in [6, 6.07) is 7.91. The molecule has 2 aromatic heterocycles.